The lowest BCUT2D eigenvalue weighted by atomic mass is 9.77. The van der Waals surface area contributed by atoms with E-state index in [-0.39, 0.29) is 17.8 Å². The van der Waals surface area contributed by atoms with E-state index in [9.17, 15) is 4.79 Å². The Morgan fingerprint density at radius 3 is 2.26 bits per heavy atom. The second-order valence-corrected chi connectivity index (χ2v) is 12.0. The lowest BCUT2D eigenvalue weighted by molar-refractivity contribution is -0.139. The van der Waals surface area contributed by atoms with Gasteiger partial charge in [-0.2, -0.15) is 0 Å². The van der Waals surface area contributed by atoms with E-state index >= 15 is 0 Å². The Labute approximate surface area is 226 Å². The van der Waals surface area contributed by atoms with Gasteiger partial charge in [-0.05, 0) is 70.7 Å². The van der Waals surface area contributed by atoms with Gasteiger partial charge in [0.15, 0.2) is 0 Å². The predicted octanol–water partition coefficient (Wildman–Crippen LogP) is 3.02. The number of piperidine rings is 2. The SMILES string of the molecule is Cc1nc(C(=O)NC2CCN(CCN3CCC4(CC3)COC4)CC2)nc2ccc(N3CCCCCC3)nc12. The molecule has 4 saturated heterocycles. The highest BCUT2D eigenvalue weighted by atomic mass is 16.5. The maximum absolute atomic E-state index is 13.1. The van der Waals surface area contributed by atoms with Gasteiger partial charge in [-0.25, -0.2) is 15.0 Å². The molecule has 4 aliphatic heterocycles. The van der Waals surface area contributed by atoms with E-state index in [0.717, 1.165) is 87.9 Å². The number of carbonyl (C=O) groups is 1. The molecule has 206 valence electrons. The Morgan fingerprint density at radius 1 is 0.921 bits per heavy atom. The van der Waals surface area contributed by atoms with Crippen molar-refractivity contribution in [3.63, 3.8) is 0 Å². The number of hydrogen-bond acceptors (Lipinski definition) is 8. The summed E-state index contributed by atoms with van der Waals surface area (Å²) in [6.07, 6.45) is 9.52. The van der Waals surface area contributed by atoms with Gasteiger partial charge in [-0.1, -0.05) is 12.8 Å². The van der Waals surface area contributed by atoms with Crippen LogP contribution >= 0.6 is 0 Å². The number of anilines is 1. The molecule has 1 amide bonds. The van der Waals surface area contributed by atoms with Gasteiger partial charge in [0.25, 0.3) is 5.91 Å². The zero-order valence-corrected chi connectivity index (χ0v) is 23.0. The summed E-state index contributed by atoms with van der Waals surface area (Å²) in [6.45, 7) is 12.7. The molecule has 38 heavy (non-hydrogen) atoms. The second kappa shape index (κ2) is 11.4. The summed E-state index contributed by atoms with van der Waals surface area (Å²) in [4.78, 5) is 34.6. The minimum atomic E-state index is -0.174. The first-order valence-corrected chi connectivity index (χ1v) is 14.8. The van der Waals surface area contributed by atoms with Crippen LogP contribution in [0.1, 0.15) is 67.7 Å². The lowest BCUT2D eigenvalue weighted by Crippen LogP contribution is -2.52. The summed E-state index contributed by atoms with van der Waals surface area (Å²) in [5.41, 5.74) is 2.80. The quantitative estimate of drug-likeness (QED) is 0.621. The molecule has 0 saturated carbocycles. The summed E-state index contributed by atoms with van der Waals surface area (Å²) >= 11 is 0. The van der Waals surface area contributed by atoms with E-state index in [1.54, 1.807) is 0 Å². The maximum Gasteiger partial charge on any atom is 0.289 e. The number of fused-ring (bicyclic) bond motifs is 1. The van der Waals surface area contributed by atoms with Crippen LogP contribution in [0.5, 0.6) is 0 Å². The van der Waals surface area contributed by atoms with Gasteiger partial charge in [0.2, 0.25) is 5.82 Å². The fraction of sp³-hybridized carbons (Fsp3) is 0.724. The first kappa shape index (κ1) is 25.9. The van der Waals surface area contributed by atoms with Crippen molar-refractivity contribution in [1.82, 2.24) is 30.1 Å². The Balaban J connectivity index is 0.988. The number of nitrogens with zero attached hydrogens (tertiary/aromatic N) is 6. The van der Waals surface area contributed by atoms with Crippen LogP contribution in [-0.2, 0) is 4.74 Å². The van der Waals surface area contributed by atoms with Gasteiger partial charge in [0.05, 0.1) is 24.4 Å². The summed E-state index contributed by atoms with van der Waals surface area (Å²) in [7, 11) is 0. The van der Waals surface area contributed by atoms with Gasteiger partial charge >= 0.3 is 0 Å². The normalized spacial score (nSPS) is 23.3. The second-order valence-electron chi connectivity index (χ2n) is 12.0. The highest BCUT2D eigenvalue weighted by Gasteiger charge is 2.41. The van der Waals surface area contributed by atoms with Gasteiger partial charge in [0, 0.05) is 50.7 Å². The molecule has 2 aromatic rings. The zero-order chi connectivity index (χ0) is 26.0. The van der Waals surface area contributed by atoms with E-state index in [1.807, 2.05) is 19.1 Å². The molecular formula is C29H43N7O2. The fourth-order valence-electron chi connectivity index (χ4n) is 6.49. The summed E-state index contributed by atoms with van der Waals surface area (Å²) in [5, 5.41) is 3.20. The Hall–Kier alpha value is -2.36. The van der Waals surface area contributed by atoms with Crippen LogP contribution in [-0.4, -0.2) is 102 Å². The third-order valence-electron chi connectivity index (χ3n) is 9.22. The highest BCUT2D eigenvalue weighted by molar-refractivity contribution is 5.93. The number of carbonyl (C=O) groups excluding carboxylic acids is 1. The van der Waals surface area contributed by atoms with Crippen molar-refractivity contribution < 1.29 is 9.53 Å². The largest absolute Gasteiger partial charge is 0.380 e. The van der Waals surface area contributed by atoms with Crippen molar-refractivity contribution in [3.8, 4) is 0 Å². The van der Waals surface area contributed by atoms with Crippen LogP contribution < -0.4 is 10.2 Å². The fourth-order valence-corrected chi connectivity index (χ4v) is 6.49. The van der Waals surface area contributed by atoms with E-state index in [0.29, 0.717) is 5.41 Å². The Kier molecular flexibility index (Phi) is 7.77. The average Bonchev–Trinajstić information content (AvgIpc) is 3.22. The number of aromatic nitrogens is 3. The first-order valence-electron chi connectivity index (χ1n) is 14.8. The molecule has 2 aromatic heterocycles. The minimum Gasteiger partial charge on any atom is -0.380 e. The molecule has 6 heterocycles. The number of rotatable bonds is 6. The van der Waals surface area contributed by atoms with Crippen molar-refractivity contribution in [2.24, 2.45) is 5.41 Å². The monoisotopic (exact) mass is 521 g/mol. The molecule has 4 aliphatic rings. The van der Waals surface area contributed by atoms with E-state index < -0.39 is 0 Å². The van der Waals surface area contributed by atoms with Crippen molar-refractivity contribution in [2.45, 2.75) is 64.3 Å². The van der Waals surface area contributed by atoms with Crippen molar-refractivity contribution in [3.05, 3.63) is 23.7 Å². The number of hydrogen-bond donors (Lipinski definition) is 1. The zero-order valence-electron chi connectivity index (χ0n) is 23.0. The average molecular weight is 522 g/mol. The van der Waals surface area contributed by atoms with E-state index in [4.69, 9.17) is 9.72 Å². The molecule has 1 N–H and O–H groups in total. The van der Waals surface area contributed by atoms with Crippen LogP contribution in [0.4, 0.5) is 5.82 Å². The number of amides is 1. The number of aryl methyl sites for hydroxylation is 1. The standard InChI is InChI=1S/C29H43N7O2/c1-22-26-24(6-7-25(33-26)36-12-4-2-3-5-13-36)32-27(30-22)28(37)31-23-8-14-34(15-9-23)18-19-35-16-10-29(11-17-35)20-38-21-29/h6-7,23H,2-5,8-21H2,1H3,(H,31,37). The number of ether oxygens (including phenoxy) is 1. The molecule has 0 unspecified atom stereocenters. The van der Waals surface area contributed by atoms with Crippen molar-refractivity contribution >= 4 is 22.8 Å². The Morgan fingerprint density at radius 2 is 1.61 bits per heavy atom. The molecule has 9 nitrogen and oxygen atoms in total. The molecule has 9 heteroatoms. The van der Waals surface area contributed by atoms with Crippen LogP contribution in [0, 0.1) is 12.3 Å². The van der Waals surface area contributed by atoms with Gasteiger partial charge in [-0.3, -0.25) is 4.79 Å². The lowest BCUT2D eigenvalue weighted by Gasteiger charge is -2.47. The van der Waals surface area contributed by atoms with Gasteiger partial charge in [0.1, 0.15) is 11.3 Å². The third-order valence-corrected chi connectivity index (χ3v) is 9.22. The Bertz CT molecular complexity index is 1110. The van der Waals surface area contributed by atoms with Gasteiger partial charge < -0.3 is 24.8 Å². The first-order chi connectivity index (χ1) is 18.6. The number of pyridine rings is 1. The molecule has 0 aromatic carbocycles. The number of nitrogens with one attached hydrogen (secondary N) is 1. The molecule has 0 aliphatic carbocycles. The van der Waals surface area contributed by atoms with Crippen LogP contribution in [0.2, 0.25) is 0 Å². The summed E-state index contributed by atoms with van der Waals surface area (Å²) < 4.78 is 5.46. The summed E-state index contributed by atoms with van der Waals surface area (Å²) in [5.74, 6) is 1.07. The van der Waals surface area contributed by atoms with Crippen LogP contribution in [0.15, 0.2) is 12.1 Å². The molecular weight excluding hydrogens is 478 g/mol. The topological polar surface area (TPSA) is 86.7 Å². The smallest absolute Gasteiger partial charge is 0.289 e. The van der Waals surface area contributed by atoms with Gasteiger partial charge in [-0.15, -0.1) is 0 Å². The van der Waals surface area contributed by atoms with Crippen molar-refractivity contribution in [1.29, 1.82) is 0 Å². The molecule has 0 atom stereocenters. The van der Waals surface area contributed by atoms with Crippen molar-refractivity contribution in [2.75, 3.05) is 70.5 Å². The molecule has 6 rings (SSSR count). The van der Waals surface area contributed by atoms with E-state index in [2.05, 4.69) is 30.0 Å². The minimum absolute atomic E-state index is 0.174. The highest BCUT2D eigenvalue weighted by Crippen LogP contribution is 2.38. The summed E-state index contributed by atoms with van der Waals surface area (Å²) in [6, 6.07) is 4.21. The van der Waals surface area contributed by atoms with E-state index in [1.165, 1.54) is 51.6 Å². The molecule has 0 bridgehead atoms. The molecule has 0 radical (unpaired) electrons. The molecule has 4 fully saturated rings. The van der Waals surface area contributed by atoms with Crippen LogP contribution in [0.3, 0.4) is 0 Å². The maximum atomic E-state index is 13.1. The predicted molar refractivity (Wildman–Crippen MR) is 149 cm³/mol. The number of likely N-dealkylation sites (tertiary alicyclic amines) is 2. The van der Waals surface area contributed by atoms with Crippen LogP contribution in [0.25, 0.3) is 11.0 Å². The molecule has 1 spiro atoms. The third kappa shape index (κ3) is 5.80.